The van der Waals surface area contributed by atoms with E-state index in [1.165, 1.54) is 6.07 Å². The van der Waals surface area contributed by atoms with Crippen LogP contribution >= 0.6 is 0 Å². The van der Waals surface area contributed by atoms with E-state index in [-0.39, 0.29) is 5.82 Å². The average Bonchev–Trinajstić information content (AvgIpc) is 2.46. The van der Waals surface area contributed by atoms with Crippen LogP contribution in [-0.2, 0) is 13.0 Å². The zero-order valence-corrected chi connectivity index (χ0v) is 11.1. The topological polar surface area (TPSA) is 29.3 Å². The Morgan fingerprint density at radius 2 is 1.89 bits per heavy atom. The van der Waals surface area contributed by atoms with Gasteiger partial charge in [-0.05, 0) is 35.7 Å². The van der Waals surface area contributed by atoms with Crippen molar-refractivity contribution in [2.75, 3.05) is 18.5 Å². The second kappa shape index (κ2) is 6.34. The molecule has 0 heterocycles. The van der Waals surface area contributed by atoms with E-state index >= 15 is 0 Å². The van der Waals surface area contributed by atoms with Gasteiger partial charge in [0.2, 0.25) is 0 Å². The smallest absolute Gasteiger partial charge is 0.126 e. The van der Waals surface area contributed by atoms with Gasteiger partial charge in [0, 0.05) is 25.8 Å². The fraction of sp³-hybridized carbons (Fsp3) is 0.250. The molecule has 0 aliphatic carbocycles. The first-order chi connectivity index (χ1) is 9.20. The molecule has 0 saturated carbocycles. The van der Waals surface area contributed by atoms with E-state index in [0.29, 0.717) is 13.0 Å². The van der Waals surface area contributed by atoms with Crippen molar-refractivity contribution < 1.29 is 4.39 Å². The molecule has 0 radical (unpaired) electrons. The van der Waals surface area contributed by atoms with E-state index < -0.39 is 0 Å². The lowest BCUT2D eigenvalue weighted by Gasteiger charge is -2.20. The molecule has 0 amide bonds. The number of nitrogens with two attached hydrogens (primary N) is 1. The number of hydrogen-bond donors (Lipinski definition) is 1. The Bertz CT molecular complexity index is 540. The molecule has 2 N–H and O–H groups in total. The lowest BCUT2D eigenvalue weighted by molar-refractivity contribution is 0.608. The molecule has 0 saturated heterocycles. The summed E-state index contributed by atoms with van der Waals surface area (Å²) in [5.74, 6) is -0.133. The van der Waals surface area contributed by atoms with Crippen molar-refractivity contribution >= 4 is 5.69 Å². The van der Waals surface area contributed by atoms with Gasteiger partial charge in [-0.3, -0.25) is 0 Å². The number of likely N-dealkylation sites (N-methyl/N-ethyl adjacent to an activating group) is 1. The number of benzene rings is 2. The molecule has 0 unspecified atom stereocenters. The first-order valence-electron chi connectivity index (χ1n) is 6.44. The highest BCUT2D eigenvalue weighted by atomic mass is 19.1. The van der Waals surface area contributed by atoms with Crippen LogP contribution in [0.5, 0.6) is 0 Å². The van der Waals surface area contributed by atoms with Gasteiger partial charge < -0.3 is 10.6 Å². The van der Waals surface area contributed by atoms with Crippen LogP contribution in [-0.4, -0.2) is 13.6 Å². The number of nitrogens with zero attached hydrogens (tertiary/aromatic N) is 1. The van der Waals surface area contributed by atoms with Crippen LogP contribution in [0.1, 0.15) is 11.1 Å². The molecule has 2 aromatic rings. The van der Waals surface area contributed by atoms with E-state index in [2.05, 4.69) is 11.0 Å². The van der Waals surface area contributed by atoms with E-state index in [1.54, 1.807) is 6.07 Å². The maximum Gasteiger partial charge on any atom is 0.126 e. The normalized spacial score (nSPS) is 10.5. The second-order valence-corrected chi connectivity index (χ2v) is 4.64. The molecule has 0 spiro atoms. The van der Waals surface area contributed by atoms with Crippen LogP contribution in [0.4, 0.5) is 10.1 Å². The van der Waals surface area contributed by atoms with Crippen LogP contribution in [0.25, 0.3) is 0 Å². The molecule has 0 aromatic heterocycles. The first kappa shape index (κ1) is 13.6. The third-order valence-electron chi connectivity index (χ3n) is 3.26. The third-order valence-corrected chi connectivity index (χ3v) is 3.26. The number of anilines is 1. The van der Waals surface area contributed by atoms with E-state index in [4.69, 9.17) is 5.73 Å². The Kier molecular flexibility index (Phi) is 4.53. The summed E-state index contributed by atoms with van der Waals surface area (Å²) in [5, 5.41) is 0. The molecule has 2 aromatic carbocycles. The summed E-state index contributed by atoms with van der Waals surface area (Å²) >= 11 is 0. The SMILES string of the molecule is CN(CCc1ccccc1F)c1cccc(CN)c1. The van der Waals surface area contributed by atoms with Crippen LogP contribution in [0.2, 0.25) is 0 Å². The van der Waals surface area contributed by atoms with Crippen molar-refractivity contribution in [3.8, 4) is 0 Å². The fourth-order valence-electron chi connectivity index (χ4n) is 2.04. The van der Waals surface area contributed by atoms with E-state index in [0.717, 1.165) is 23.4 Å². The van der Waals surface area contributed by atoms with Crippen molar-refractivity contribution in [2.24, 2.45) is 5.73 Å². The maximum absolute atomic E-state index is 13.5. The Morgan fingerprint density at radius 3 is 2.63 bits per heavy atom. The van der Waals surface area contributed by atoms with Gasteiger partial charge >= 0.3 is 0 Å². The number of hydrogen-bond acceptors (Lipinski definition) is 2. The molecule has 2 rings (SSSR count). The van der Waals surface area contributed by atoms with Gasteiger partial charge in [-0.25, -0.2) is 4.39 Å². The standard InChI is InChI=1S/C16H19FN2/c1-19(15-7-4-5-13(11-15)12-18)10-9-14-6-2-3-8-16(14)17/h2-8,11H,9-10,12,18H2,1H3. The summed E-state index contributed by atoms with van der Waals surface area (Å²) in [6.45, 7) is 1.31. The lowest BCUT2D eigenvalue weighted by Crippen LogP contribution is -2.20. The van der Waals surface area contributed by atoms with Gasteiger partial charge in [0.1, 0.15) is 5.82 Å². The van der Waals surface area contributed by atoms with Crippen molar-refractivity contribution in [1.82, 2.24) is 0 Å². The molecule has 19 heavy (non-hydrogen) atoms. The molecule has 0 atom stereocenters. The van der Waals surface area contributed by atoms with Crippen molar-refractivity contribution in [3.63, 3.8) is 0 Å². The van der Waals surface area contributed by atoms with Gasteiger partial charge in [0.25, 0.3) is 0 Å². The minimum absolute atomic E-state index is 0.133. The highest BCUT2D eigenvalue weighted by molar-refractivity contribution is 5.48. The Labute approximate surface area is 113 Å². The zero-order valence-electron chi connectivity index (χ0n) is 11.1. The minimum atomic E-state index is -0.133. The fourth-order valence-corrected chi connectivity index (χ4v) is 2.04. The Balaban J connectivity index is 2.01. The number of halogens is 1. The minimum Gasteiger partial charge on any atom is -0.374 e. The molecule has 0 bridgehead atoms. The van der Waals surface area contributed by atoms with Crippen LogP contribution in [0.15, 0.2) is 48.5 Å². The van der Waals surface area contributed by atoms with Crippen LogP contribution < -0.4 is 10.6 Å². The predicted octanol–water partition coefficient (Wildman–Crippen LogP) is 2.96. The van der Waals surface area contributed by atoms with E-state index in [9.17, 15) is 4.39 Å². The summed E-state index contributed by atoms with van der Waals surface area (Å²) in [5.41, 5.74) is 8.61. The number of rotatable bonds is 5. The van der Waals surface area contributed by atoms with Gasteiger partial charge in [0.05, 0.1) is 0 Å². The Hall–Kier alpha value is -1.87. The summed E-state index contributed by atoms with van der Waals surface area (Å²) < 4.78 is 13.5. The maximum atomic E-state index is 13.5. The first-order valence-corrected chi connectivity index (χ1v) is 6.44. The van der Waals surface area contributed by atoms with Crippen LogP contribution in [0, 0.1) is 5.82 Å². The highest BCUT2D eigenvalue weighted by Gasteiger charge is 2.05. The summed E-state index contributed by atoms with van der Waals surface area (Å²) in [7, 11) is 2.01. The Morgan fingerprint density at radius 1 is 1.11 bits per heavy atom. The summed E-state index contributed by atoms with van der Waals surface area (Å²) in [6, 6.07) is 15.0. The summed E-state index contributed by atoms with van der Waals surface area (Å²) in [6.07, 6.45) is 0.691. The third kappa shape index (κ3) is 3.55. The summed E-state index contributed by atoms with van der Waals surface area (Å²) in [4.78, 5) is 2.12. The molecule has 0 aliphatic rings. The molecule has 0 fully saturated rings. The lowest BCUT2D eigenvalue weighted by atomic mass is 10.1. The molecule has 100 valence electrons. The zero-order chi connectivity index (χ0) is 13.7. The largest absolute Gasteiger partial charge is 0.374 e. The highest BCUT2D eigenvalue weighted by Crippen LogP contribution is 2.16. The molecule has 3 heteroatoms. The van der Waals surface area contributed by atoms with Crippen molar-refractivity contribution in [2.45, 2.75) is 13.0 Å². The average molecular weight is 258 g/mol. The molecular weight excluding hydrogens is 239 g/mol. The van der Waals surface area contributed by atoms with Gasteiger partial charge in [-0.15, -0.1) is 0 Å². The van der Waals surface area contributed by atoms with Gasteiger partial charge in [-0.1, -0.05) is 30.3 Å². The van der Waals surface area contributed by atoms with Crippen molar-refractivity contribution in [1.29, 1.82) is 0 Å². The van der Waals surface area contributed by atoms with Gasteiger partial charge in [-0.2, -0.15) is 0 Å². The molecule has 2 nitrogen and oxygen atoms in total. The monoisotopic (exact) mass is 258 g/mol. The van der Waals surface area contributed by atoms with E-state index in [1.807, 2.05) is 37.4 Å². The quantitative estimate of drug-likeness (QED) is 0.893. The predicted molar refractivity (Wildman–Crippen MR) is 77.7 cm³/mol. The second-order valence-electron chi connectivity index (χ2n) is 4.64. The molecular formula is C16H19FN2. The van der Waals surface area contributed by atoms with Gasteiger partial charge in [0.15, 0.2) is 0 Å². The molecule has 0 aliphatic heterocycles. The van der Waals surface area contributed by atoms with Crippen LogP contribution in [0.3, 0.4) is 0 Å². The van der Waals surface area contributed by atoms with Crippen molar-refractivity contribution in [3.05, 3.63) is 65.5 Å².